The molecule has 2 aromatic rings. The van der Waals surface area contributed by atoms with Gasteiger partial charge in [0.25, 0.3) is 0 Å². The topological polar surface area (TPSA) is 42.9 Å². The number of hydrogen-bond donors (Lipinski definition) is 0. The van der Waals surface area contributed by atoms with E-state index < -0.39 is 0 Å². The minimum absolute atomic E-state index is 0.428. The lowest BCUT2D eigenvalue weighted by atomic mass is 10.2. The van der Waals surface area contributed by atoms with Crippen LogP contribution in [0.5, 0.6) is 0 Å². The highest BCUT2D eigenvalue weighted by Crippen LogP contribution is 2.18. The maximum Gasteiger partial charge on any atom is 0.169 e. The van der Waals surface area contributed by atoms with E-state index in [1.54, 1.807) is 0 Å². The third-order valence-corrected chi connectivity index (χ3v) is 2.23. The van der Waals surface area contributed by atoms with Crippen LogP contribution in [-0.2, 0) is 0 Å². The van der Waals surface area contributed by atoms with Crippen molar-refractivity contribution in [3.8, 4) is 0 Å². The van der Waals surface area contributed by atoms with Crippen LogP contribution in [0.25, 0.3) is 10.9 Å². The molecule has 1 heterocycles. The van der Waals surface area contributed by atoms with E-state index in [1.165, 1.54) is 6.33 Å². The Hall–Kier alpha value is -1.29. The van der Waals surface area contributed by atoms with Crippen molar-refractivity contribution in [1.82, 2.24) is 9.97 Å². The summed E-state index contributed by atoms with van der Waals surface area (Å²) >= 11 is 3.33. The number of rotatable bonds is 1. The van der Waals surface area contributed by atoms with Gasteiger partial charge in [0.15, 0.2) is 6.29 Å². The summed E-state index contributed by atoms with van der Waals surface area (Å²) in [6.07, 6.45) is 2.12. The van der Waals surface area contributed by atoms with E-state index >= 15 is 0 Å². The van der Waals surface area contributed by atoms with Crippen molar-refractivity contribution in [3.63, 3.8) is 0 Å². The molecule has 0 unspecified atom stereocenters. The molecule has 3 nitrogen and oxygen atoms in total. The summed E-state index contributed by atoms with van der Waals surface area (Å²) in [6, 6.07) is 5.53. The number of aromatic nitrogens is 2. The molecule has 0 aliphatic rings. The predicted molar refractivity (Wildman–Crippen MR) is 52.6 cm³/mol. The van der Waals surface area contributed by atoms with Crippen molar-refractivity contribution in [2.45, 2.75) is 0 Å². The molecular formula is C9H5BrN2O. The van der Waals surface area contributed by atoms with E-state index in [2.05, 4.69) is 25.9 Å². The Kier molecular flexibility index (Phi) is 2.06. The van der Waals surface area contributed by atoms with Crippen molar-refractivity contribution in [3.05, 3.63) is 34.7 Å². The van der Waals surface area contributed by atoms with Crippen LogP contribution in [0.15, 0.2) is 29.0 Å². The molecule has 0 saturated heterocycles. The average Bonchev–Trinajstić information content (AvgIpc) is 2.16. The van der Waals surface area contributed by atoms with Crippen molar-refractivity contribution in [2.24, 2.45) is 0 Å². The molecule has 0 fully saturated rings. The van der Waals surface area contributed by atoms with Gasteiger partial charge in [0, 0.05) is 9.86 Å². The third-order valence-electron chi connectivity index (χ3n) is 1.74. The summed E-state index contributed by atoms with van der Waals surface area (Å²) in [5.41, 5.74) is 1.20. The van der Waals surface area contributed by atoms with Gasteiger partial charge in [-0.3, -0.25) is 4.79 Å². The number of halogens is 1. The van der Waals surface area contributed by atoms with E-state index in [9.17, 15) is 4.79 Å². The second kappa shape index (κ2) is 3.22. The molecule has 13 heavy (non-hydrogen) atoms. The number of carbonyl (C=O) groups excluding carboxylic acids is 1. The van der Waals surface area contributed by atoms with E-state index in [0.717, 1.165) is 21.7 Å². The van der Waals surface area contributed by atoms with Gasteiger partial charge in [-0.15, -0.1) is 0 Å². The Morgan fingerprint density at radius 3 is 2.92 bits per heavy atom. The van der Waals surface area contributed by atoms with Gasteiger partial charge in [-0.25, -0.2) is 9.97 Å². The molecule has 2 rings (SSSR count). The van der Waals surface area contributed by atoms with Crippen molar-refractivity contribution < 1.29 is 4.79 Å². The number of nitrogens with zero attached hydrogens (tertiary/aromatic N) is 2. The Balaban J connectivity index is 2.84. The van der Waals surface area contributed by atoms with Gasteiger partial charge >= 0.3 is 0 Å². The number of aldehydes is 1. The van der Waals surface area contributed by atoms with Crippen molar-refractivity contribution in [1.29, 1.82) is 0 Å². The SMILES string of the molecule is O=Cc1ncnc2cc(Br)ccc12. The van der Waals surface area contributed by atoms with Gasteiger partial charge in [-0.05, 0) is 18.2 Å². The van der Waals surface area contributed by atoms with Gasteiger partial charge in [-0.1, -0.05) is 15.9 Å². The lowest BCUT2D eigenvalue weighted by Gasteiger charge is -1.98. The van der Waals surface area contributed by atoms with Crippen LogP contribution in [0.3, 0.4) is 0 Å². The molecule has 4 heteroatoms. The van der Waals surface area contributed by atoms with E-state index in [0.29, 0.717) is 5.69 Å². The van der Waals surface area contributed by atoms with Crippen LogP contribution in [0.1, 0.15) is 10.5 Å². The van der Waals surface area contributed by atoms with E-state index in [-0.39, 0.29) is 0 Å². The first-order valence-corrected chi connectivity index (χ1v) is 4.46. The van der Waals surface area contributed by atoms with Gasteiger partial charge in [0.2, 0.25) is 0 Å². The van der Waals surface area contributed by atoms with Gasteiger partial charge in [0.05, 0.1) is 5.52 Å². The van der Waals surface area contributed by atoms with Crippen LogP contribution < -0.4 is 0 Å². The van der Waals surface area contributed by atoms with Crippen LogP contribution in [0.2, 0.25) is 0 Å². The second-order valence-electron chi connectivity index (χ2n) is 2.54. The predicted octanol–water partition coefficient (Wildman–Crippen LogP) is 2.20. The second-order valence-corrected chi connectivity index (χ2v) is 3.45. The number of fused-ring (bicyclic) bond motifs is 1. The molecule has 0 spiro atoms. The fraction of sp³-hybridized carbons (Fsp3) is 0. The Labute approximate surface area is 82.9 Å². The summed E-state index contributed by atoms with van der Waals surface area (Å²) in [5, 5.41) is 0.778. The summed E-state index contributed by atoms with van der Waals surface area (Å²) in [7, 11) is 0. The highest BCUT2D eigenvalue weighted by atomic mass is 79.9. The van der Waals surface area contributed by atoms with Crippen LogP contribution in [0.4, 0.5) is 0 Å². The quantitative estimate of drug-likeness (QED) is 0.714. The zero-order valence-corrected chi connectivity index (χ0v) is 8.15. The summed E-state index contributed by atoms with van der Waals surface area (Å²) < 4.78 is 0.940. The van der Waals surface area contributed by atoms with E-state index in [1.807, 2.05) is 18.2 Å². The fourth-order valence-electron chi connectivity index (χ4n) is 1.14. The number of benzene rings is 1. The number of hydrogen-bond acceptors (Lipinski definition) is 3. The minimum atomic E-state index is 0.428. The molecule has 0 amide bonds. The maximum absolute atomic E-state index is 10.6. The molecule has 0 radical (unpaired) electrons. The summed E-state index contributed by atoms with van der Waals surface area (Å²) in [4.78, 5) is 18.5. The zero-order chi connectivity index (χ0) is 9.26. The number of carbonyl (C=O) groups is 1. The lowest BCUT2D eigenvalue weighted by Crippen LogP contribution is -1.90. The first-order chi connectivity index (χ1) is 6.31. The normalized spacial score (nSPS) is 10.2. The molecule has 1 aromatic heterocycles. The van der Waals surface area contributed by atoms with Gasteiger partial charge in [-0.2, -0.15) is 0 Å². The highest BCUT2D eigenvalue weighted by molar-refractivity contribution is 9.10. The lowest BCUT2D eigenvalue weighted by molar-refractivity contribution is 0.112. The largest absolute Gasteiger partial charge is 0.296 e. The highest BCUT2D eigenvalue weighted by Gasteiger charge is 2.01. The molecular weight excluding hydrogens is 232 g/mol. The average molecular weight is 237 g/mol. The van der Waals surface area contributed by atoms with Gasteiger partial charge < -0.3 is 0 Å². The van der Waals surface area contributed by atoms with Gasteiger partial charge in [0.1, 0.15) is 12.0 Å². The Morgan fingerprint density at radius 2 is 2.15 bits per heavy atom. The third kappa shape index (κ3) is 1.45. The summed E-state index contributed by atoms with van der Waals surface area (Å²) in [5.74, 6) is 0. The van der Waals surface area contributed by atoms with E-state index in [4.69, 9.17) is 0 Å². The zero-order valence-electron chi connectivity index (χ0n) is 6.57. The van der Waals surface area contributed by atoms with Crippen molar-refractivity contribution >= 4 is 33.1 Å². The van der Waals surface area contributed by atoms with Crippen LogP contribution in [-0.4, -0.2) is 16.3 Å². The van der Waals surface area contributed by atoms with Crippen LogP contribution in [0, 0.1) is 0 Å². The molecule has 1 aromatic carbocycles. The molecule has 0 N–H and O–H groups in total. The molecule has 64 valence electrons. The maximum atomic E-state index is 10.6. The Bertz CT molecular complexity index is 470. The first kappa shape index (κ1) is 8.31. The fourth-order valence-corrected chi connectivity index (χ4v) is 1.49. The monoisotopic (exact) mass is 236 g/mol. The van der Waals surface area contributed by atoms with Crippen molar-refractivity contribution in [2.75, 3.05) is 0 Å². The molecule has 0 aliphatic heterocycles. The molecule has 0 bridgehead atoms. The first-order valence-electron chi connectivity index (χ1n) is 3.67. The van der Waals surface area contributed by atoms with Crippen LogP contribution >= 0.6 is 15.9 Å². The molecule has 0 saturated carbocycles. The smallest absolute Gasteiger partial charge is 0.169 e. The molecule has 0 aliphatic carbocycles. The summed E-state index contributed by atoms with van der Waals surface area (Å²) in [6.45, 7) is 0. The minimum Gasteiger partial charge on any atom is -0.296 e. The Morgan fingerprint density at radius 1 is 1.31 bits per heavy atom. The standard InChI is InChI=1S/C9H5BrN2O/c10-6-1-2-7-8(3-6)11-5-12-9(7)4-13/h1-5H. The molecule has 0 atom stereocenters.